The molecule has 0 radical (unpaired) electrons. The molecule has 0 fully saturated rings. The zero-order chi connectivity index (χ0) is 14.5. The fourth-order valence-corrected chi connectivity index (χ4v) is 2.53. The number of nitrogens with two attached hydrogens (primary N) is 1. The molecule has 1 heterocycles. The number of benzene rings is 1. The van der Waals surface area contributed by atoms with Crippen molar-refractivity contribution in [1.82, 2.24) is 4.98 Å². The number of hydrogen-bond acceptors (Lipinski definition) is 4. The van der Waals surface area contributed by atoms with Gasteiger partial charge in [0, 0.05) is 23.1 Å². The normalized spacial score (nSPS) is 12.6. The molecule has 0 aliphatic heterocycles. The van der Waals surface area contributed by atoms with Crippen molar-refractivity contribution in [2.45, 2.75) is 32.8 Å². The summed E-state index contributed by atoms with van der Waals surface area (Å²) in [5, 5.41) is 2.21. The Morgan fingerprint density at radius 3 is 2.90 bits per heavy atom. The highest BCUT2D eigenvalue weighted by Gasteiger charge is 2.16. The molecule has 5 heteroatoms. The molecule has 0 amide bonds. The van der Waals surface area contributed by atoms with E-state index in [4.69, 9.17) is 10.5 Å². The number of thiazole rings is 1. The Kier molecular flexibility index (Phi) is 5.09. The number of hydrogen-bond donors (Lipinski definition) is 1. The summed E-state index contributed by atoms with van der Waals surface area (Å²) in [6.45, 7) is 4.61. The third kappa shape index (κ3) is 3.35. The molecule has 0 saturated heterocycles. The van der Waals surface area contributed by atoms with Crippen LogP contribution in [-0.4, -0.2) is 11.6 Å². The summed E-state index contributed by atoms with van der Waals surface area (Å²) in [6, 6.07) is 5.29. The molecule has 2 N–H and O–H groups in total. The van der Waals surface area contributed by atoms with Gasteiger partial charge in [-0.25, -0.2) is 9.37 Å². The zero-order valence-electron chi connectivity index (χ0n) is 11.7. The van der Waals surface area contributed by atoms with Gasteiger partial charge in [0.25, 0.3) is 0 Å². The maximum atomic E-state index is 14.6. The third-order valence-corrected chi connectivity index (χ3v) is 3.80. The van der Waals surface area contributed by atoms with Crippen molar-refractivity contribution in [3.8, 4) is 11.3 Å². The molecule has 20 heavy (non-hydrogen) atoms. The van der Waals surface area contributed by atoms with Gasteiger partial charge in [-0.1, -0.05) is 25.5 Å². The van der Waals surface area contributed by atoms with Crippen molar-refractivity contribution in [3.05, 3.63) is 35.0 Å². The molecular weight excluding hydrogens is 275 g/mol. The average molecular weight is 294 g/mol. The molecule has 0 bridgehead atoms. The van der Waals surface area contributed by atoms with Crippen LogP contribution < -0.4 is 5.73 Å². The number of anilines is 1. The number of aromatic nitrogens is 1. The van der Waals surface area contributed by atoms with Crippen molar-refractivity contribution >= 4 is 16.5 Å². The van der Waals surface area contributed by atoms with E-state index in [1.807, 2.05) is 13.0 Å². The van der Waals surface area contributed by atoms with E-state index in [-0.39, 0.29) is 11.9 Å². The van der Waals surface area contributed by atoms with Gasteiger partial charge in [-0.15, -0.1) is 11.3 Å². The van der Waals surface area contributed by atoms with Crippen LogP contribution in [0.3, 0.4) is 0 Å². The predicted molar refractivity (Wildman–Crippen MR) is 81.2 cm³/mol. The minimum absolute atomic E-state index is 0.266. The highest BCUT2D eigenvalue weighted by atomic mass is 32.1. The quantitative estimate of drug-likeness (QED) is 0.803. The van der Waals surface area contributed by atoms with Crippen LogP contribution in [0, 0.1) is 5.82 Å². The molecule has 1 atom stereocenters. The summed E-state index contributed by atoms with van der Waals surface area (Å²) in [4.78, 5) is 4.13. The predicted octanol–water partition coefficient (Wildman–Crippen LogP) is 4.41. The summed E-state index contributed by atoms with van der Waals surface area (Å²) >= 11 is 1.31. The minimum atomic E-state index is -0.276. The van der Waals surface area contributed by atoms with E-state index in [2.05, 4.69) is 11.9 Å². The van der Waals surface area contributed by atoms with E-state index in [1.54, 1.807) is 17.5 Å². The molecule has 0 aliphatic carbocycles. The molecule has 1 aromatic carbocycles. The van der Waals surface area contributed by atoms with Crippen molar-refractivity contribution in [1.29, 1.82) is 0 Å². The smallest absolute Gasteiger partial charge is 0.180 e. The van der Waals surface area contributed by atoms with E-state index in [0.29, 0.717) is 28.6 Å². The van der Waals surface area contributed by atoms with Crippen LogP contribution in [-0.2, 0) is 4.74 Å². The van der Waals surface area contributed by atoms with E-state index in [1.165, 1.54) is 11.3 Å². The first-order valence-corrected chi connectivity index (χ1v) is 7.62. The van der Waals surface area contributed by atoms with Gasteiger partial charge in [-0.3, -0.25) is 0 Å². The first-order chi connectivity index (χ1) is 9.63. The lowest BCUT2D eigenvalue weighted by atomic mass is 10.0. The van der Waals surface area contributed by atoms with E-state index < -0.39 is 0 Å². The van der Waals surface area contributed by atoms with Crippen molar-refractivity contribution in [2.75, 3.05) is 12.3 Å². The second-order valence-electron chi connectivity index (χ2n) is 4.65. The summed E-state index contributed by atoms with van der Waals surface area (Å²) < 4.78 is 20.2. The average Bonchev–Trinajstić information content (AvgIpc) is 2.85. The van der Waals surface area contributed by atoms with Gasteiger partial charge in [0.15, 0.2) is 5.13 Å². The Morgan fingerprint density at radius 2 is 2.25 bits per heavy atom. The minimum Gasteiger partial charge on any atom is -0.375 e. The summed E-state index contributed by atoms with van der Waals surface area (Å²) in [7, 11) is 0. The largest absolute Gasteiger partial charge is 0.375 e. The number of nitrogen functional groups attached to an aromatic ring is 1. The highest BCUT2D eigenvalue weighted by molar-refractivity contribution is 7.13. The lowest BCUT2D eigenvalue weighted by molar-refractivity contribution is 0.0613. The lowest BCUT2D eigenvalue weighted by Gasteiger charge is -2.15. The second kappa shape index (κ2) is 6.81. The molecule has 108 valence electrons. The van der Waals surface area contributed by atoms with Crippen LogP contribution in [0.15, 0.2) is 23.6 Å². The molecule has 2 rings (SSSR count). The molecule has 1 unspecified atom stereocenters. The summed E-state index contributed by atoms with van der Waals surface area (Å²) in [5.41, 5.74) is 7.22. The Morgan fingerprint density at radius 1 is 1.45 bits per heavy atom. The van der Waals surface area contributed by atoms with Crippen LogP contribution >= 0.6 is 11.3 Å². The first kappa shape index (κ1) is 14.9. The Hall–Kier alpha value is -1.46. The second-order valence-corrected chi connectivity index (χ2v) is 5.54. The van der Waals surface area contributed by atoms with E-state index in [0.717, 1.165) is 12.8 Å². The fourth-order valence-electron chi connectivity index (χ4n) is 1.97. The van der Waals surface area contributed by atoms with Gasteiger partial charge in [-0.05, 0) is 19.4 Å². The highest BCUT2D eigenvalue weighted by Crippen LogP contribution is 2.30. The number of ether oxygens (including phenoxy) is 1. The number of unbranched alkanes of at least 4 members (excludes halogenated alkanes) is 1. The Labute approximate surface area is 122 Å². The van der Waals surface area contributed by atoms with E-state index >= 15 is 0 Å². The topological polar surface area (TPSA) is 48.1 Å². The number of halogens is 1. The van der Waals surface area contributed by atoms with Crippen LogP contribution in [0.5, 0.6) is 0 Å². The number of rotatable bonds is 6. The van der Waals surface area contributed by atoms with Crippen LogP contribution in [0.25, 0.3) is 11.3 Å². The van der Waals surface area contributed by atoms with Crippen molar-refractivity contribution < 1.29 is 9.13 Å². The standard InChI is InChI=1S/C15H19FN2OS/c1-3-4-8-19-10(2)11-6-5-7-12(14(11)16)13-9-20-15(17)18-13/h5-7,9-10H,3-4,8H2,1-2H3,(H2,17,18). The van der Waals surface area contributed by atoms with Crippen LogP contribution in [0.2, 0.25) is 0 Å². The van der Waals surface area contributed by atoms with Gasteiger partial charge in [0.1, 0.15) is 5.82 Å². The van der Waals surface area contributed by atoms with Gasteiger partial charge in [0.05, 0.1) is 11.8 Å². The van der Waals surface area contributed by atoms with Gasteiger partial charge >= 0.3 is 0 Å². The lowest BCUT2D eigenvalue weighted by Crippen LogP contribution is -2.05. The Bertz CT molecular complexity index is 571. The molecule has 3 nitrogen and oxygen atoms in total. The van der Waals surface area contributed by atoms with Gasteiger partial charge in [-0.2, -0.15) is 0 Å². The monoisotopic (exact) mass is 294 g/mol. The van der Waals surface area contributed by atoms with E-state index in [9.17, 15) is 4.39 Å². The first-order valence-electron chi connectivity index (χ1n) is 6.74. The van der Waals surface area contributed by atoms with Gasteiger partial charge in [0.2, 0.25) is 0 Å². The molecule has 2 aromatic rings. The maximum Gasteiger partial charge on any atom is 0.180 e. The van der Waals surface area contributed by atoms with Crippen LogP contribution in [0.4, 0.5) is 9.52 Å². The number of nitrogens with zero attached hydrogens (tertiary/aromatic N) is 1. The molecular formula is C15H19FN2OS. The third-order valence-electron chi connectivity index (χ3n) is 3.13. The molecule has 0 aliphatic rings. The summed E-state index contributed by atoms with van der Waals surface area (Å²) in [5.74, 6) is -0.276. The Balaban J connectivity index is 2.23. The fraction of sp³-hybridized carbons (Fsp3) is 0.400. The zero-order valence-corrected chi connectivity index (χ0v) is 12.5. The SMILES string of the molecule is CCCCOC(C)c1cccc(-c2csc(N)n2)c1F. The molecule has 0 spiro atoms. The maximum absolute atomic E-state index is 14.6. The molecule has 0 saturated carbocycles. The van der Waals surface area contributed by atoms with Crippen molar-refractivity contribution in [3.63, 3.8) is 0 Å². The van der Waals surface area contributed by atoms with Crippen molar-refractivity contribution in [2.24, 2.45) is 0 Å². The molecule has 1 aromatic heterocycles. The van der Waals surface area contributed by atoms with Gasteiger partial charge < -0.3 is 10.5 Å². The van der Waals surface area contributed by atoms with Crippen LogP contribution in [0.1, 0.15) is 38.4 Å². The summed E-state index contributed by atoms with van der Waals surface area (Å²) in [6.07, 6.45) is 1.78.